The Bertz CT molecular complexity index is 1450. The summed E-state index contributed by atoms with van der Waals surface area (Å²) in [6.45, 7) is 13.3. The fourth-order valence-electron chi connectivity index (χ4n) is 4.12. The first-order chi connectivity index (χ1) is 16.7. The standard InChI is InChI=1S/C27H31N5O4/c1-16-8-10-18(11-9-16)30-21-12-20-19(14-28-21)22(26(2,3)4)23(32(20)24(33)34)17-13-29-31(15-17)25(35)36-27(5,6)7/h8-15H,1-7H3,(H,28,30)(H,33,34). The van der Waals surface area contributed by atoms with E-state index in [2.05, 4.69) is 15.4 Å². The van der Waals surface area contributed by atoms with E-state index in [0.29, 0.717) is 28.0 Å². The number of aryl methyl sites for hydroxylation is 1. The number of pyridine rings is 1. The number of rotatable bonds is 3. The Morgan fingerprint density at radius 1 is 1.03 bits per heavy atom. The summed E-state index contributed by atoms with van der Waals surface area (Å²) in [5.74, 6) is 0.516. The number of anilines is 2. The van der Waals surface area contributed by atoms with E-state index in [1.165, 1.54) is 17.0 Å². The van der Waals surface area contributed by atoms with Crippen molar-refractivity contribution in [3.05, 3.63) is 60.0 Å². The van der Waals surface area contributed by atoms with Crippen LogP contribution in [0.15, 0.2) is 48.9 Å². The largest absolute Gasteiger partial charge is 0.464 e. The molecule has 3 heterocycles. The predicted molar refractivity (Wildman–Crippen MR) is 139 cm³/mol. The quantitative estimate of drug-likeness (QED) is 0.335. The van der Waals surface area contributed by atoms with E-state index in [1.807, 2.05) is 52.0 Å². The lowest BCUT2D eigenvalue weighted by atomic mass is 9.84. The zero-order valence-corrected chi connectivity index (χ0v) is 21.6. The highest BCUT2D eigenvalue weighted by atomic mass is 16.6. The lowest BCUT2D eigenvalue weighted by Crippen LogP contribution is -2.27. The Balaban J connectivity index is 1.89. The van der Waals surface area contributed by atoms with Gasteiger partial charge in [-0.15, -0.1) is 0 Å². The molecule has 0 spiro atoms. The summed E-state index contributed by atoms with van der Waals surface area (Å²) in [6.07, 6.45) is 2.87. The van der Waals surface area contributed by atoms with Crippen molar-refractivity contribution in [3.8, 4) is 11.3 Å². The van der Waals surface area contributed by atoms with Crippen molar-refractivity contribution in [2.45, 2.75) is 59.5 Å². The van der Waals surface area contributed by atoms with E-state index in [9.17, 15) is 14.7 Å². The summed E-state index contributed by atoms with van der Waals surface area (Å²) in [5.41, 5.74) is 3.05. The molecule has 0 radical (unpaired) electrons. The maximum absolute atomic E-state index is 12.6. The van der Waals surface area contributed by atoms with Crippen molar-refractivity contribution in [1.29, 1.82) is 0 Å². The van der Waals surface area contributed by atoms with Gasteiger partial charge in [0.1, 0.15) is 11.4 Å². The molecular formula is C27H31N5O4. The number of nitrogens with zero attached hydrogens (tertiary/aromatic N) is 4. The molecule has 0 aliphatic heterocycles. The molecule has 3 aromatic heterocycles. The van der Waals surface area contributed by atoms with Gasteiger partial charge >= 0.3 is 12.2 Å². The Labute approximate surface area is 209 Å². The lowest BCUT2D eigenvalue weighted by molar-refractivity contribution is 0.0514. The summed E-state index contributed by atoms with van der Waals surface area (Å²) < 4.78 is 7.72. The average molecular weight is 490 g/mol. The predicted octanol–water partition coefficient (Wildman–Crippen LogP) is 6.56. The van der Waals surface area contributed by atoms with Gasteiger partial charge in [0.25, 0.3) is 0 Å². The summed E-state index contributed by atoms with van der Waals surface area (Å²) in [7, 11) is 0. The van der Waals surface area contributed by atoms with Gasteiger partial charge in [0, 0.05) is 35.1 Å². The molecule has 36 heavy (non-hydrogen) atoms. The molecule has 9 nitrogen and oxygen atoms in total. The number of aromatic nitrogens is 4. The van der Waals surface area contributed by atoms with Crippen molar-refractivity contribution in [1.82, 2.24) is 19.3 Å². The number of hydrogen-bond acceptors (Lipinski definition) is 6. The molecule has 0 saturated carbocycles. The van der Waals surface area contributed by atoms with E-state index >= 15 is 0 Å². The van der Waals surface area contributed by atoms with Crippen LogP contribution in [0.1, 0.15) is 52.7 Å². The van der Waals surface area contributed by atoms with E-state index in [1.54, 1.807) is 33.0 Å². The fraction of sp³-hybridized carbons (Fsp3) is 0.333. The highest BCUT2D eigenvalue weighted by Gasteiger charge is 2.31. The van der Waals surface area contributed by atoms with Crippen LogP contribution >= 0.6 is 0 Å². The monoisotopic (exact) mass is 489 g/mol. The van der Waals surface area contributed by atoms with Crippen molar-refractivity contribution in [2.75, 3.05) is 5.32 Å². The minimum atomic E-state index is -1.15. The minimum absolute atomic E-state index is 0.435. The SMILES string of the molecule is Cc1ccc(Nc2cc3c(cn2)c(C(C)(C)C)c(-c2cnn(C(=O)OC(C)(C)C)c2)n3C(=O)O)cc1. The van der Waals surface area contributed by atoms with Gasteiger partial charge in [-0.05, 0) is 50.8 Å². The molecule has 0 aliphatic rings. The van der Waals surface area contributed by atoms with Gasteiger partial charge in [-0.3, -0.25) is 0 Å². The lowest BCUT2D eigenvalue weighted by Gasteiger charge is -2.20. The normalized spacial score (nSPS) is 12.1. The second kappa shape index (κ2) is 8.82. The van der Waals surface area contributed by atoms with Crippen LogP contribution in [-0.4, -0.2) is 42.2 Å². The Kier molecular flexibility index (Phi) is 6.12. The molecule has 0 aliphatic carbocycles. The van der Waals surface area contributed by atoms with Gasteiger partial charge in [-0.1, -0.05) is 38.5 Å². The molecule has 2 N–H and O–H groups in total. The average Bonchev–Trinajstić information content (AvgIpc) is 3.36. The van der Waals surface area contributed by atoms with Gasteiger partial charge in [-0.2, -0.15) is 9.78 Å². The second-order valence-electron chi connectivity index (χ2n) is 10.8. The molecule has 0 atom stereocenters. The van der Waals surface area contributed by atoms with Crippen molar-refractivity contribution < 1.29 is 19.4 Å². The van der Waals surface area contributed by atoms with E-state index in [-0.39, 0.29) is 0 Å². The molecule has 0 bridgehead atoms. The zero-order chi connectivity index (χ0) is 26.4. The molecule has 9 heteroatoms. The van der Waals surface area contributed by atoms with E-state index < -0.39 is 23.2 Å². The molecule has 0 amide bonds. The third-order valence-electron chi connectivity index (χ3n) is 5.55. The number of benzene rings is 1. The van der Waals surface area contributed by atoms with Crippen molar-refractivity contribution in [2.24, 2.45) is 0 Å². The number of hydrogen-bond donors (Lipinski definition) is 2. The van der Waals surface area contributed by atoms with Crippen LogP contribution < -0.4 is 5.32 Å². The van der Waals surface area contributed by atoms with Crippen molar-refractivity contribution >= 4 is 34.6 Å². The van der Waals surface area contributed by atoms with Crippen molar-refractivity contribution in [3.63, 3.8) is 0 Å². The van der Waals surface area contributed by atoms with Gasteiger partial charge in [0.2, 0.25) is 0 Å². The Morgan fingerprint density at radius 3 is 2.28 bits per heavy atom. The summed E-state index contributed by atoms with van der Waals surface area (Å²) >= 11 is 0. The highest BCUT2D eigenvalue weighted by Crippen LogP contribution is 2.41. The summed E-state index contributed by atoms with van der Waals surface area (Å²) in [4.78, 5) is 29.7. The Hall–Kier alpha value is -4.14. The summed E-state index contributed by atoms with van der Waals surface area (Å²) in [6, 6.07) is 9.57. The topological polar surface area (TPSA) is 111 Å². The molecule has 0 fully saturated rings. The number of ether oxygens (including phenoxy) is 1. The molecular weight excluding hydrogens is 458 g/mol. The molecule has 1 aromatic carbocycles. The molecule has 4 rings (SSSR count). The smallest absolute Gasteiger partial charge is 0.435 e. The number of carbonyl (C=O) groups is 2. The maximum Gasteiger partial charge on any atom is 0.435 e. The fourth-order valence-corrected chi connectivity index (χ4v) is 4.12. The van der Waals surface area contributed by atoms with Gasteiger partial charge in [0.15, 0.2) is 0 Å². The summed E-state index contributed by atoms with van der Waals surface area (Å²) in [5, 5.41) is 18.4. The molecule has 0 unspecified atom stereocenters. The molecule has 188 valence electrons. The first kappa shape index (κ1) is 25.0. The second-order valence-corrected chi connectivity index (χ2v) is 10.8. The minimum Gasteiger partial charge on any atom is -0.464 e. The van der Waals surface area contributed by atoms with Crippen LogP contribution in [0, 0.1) is 6.92 Å². The van der Waals surface area contributed by atoms with Crippen LogP contribution in [0.3, 0.4) is 0 Å². The van der Waals surface area contributed by atoms with Crippen LogP contribution in [0.4, 0.5) is 21.1 Å². The number of fused-ring (bicyclic) bond motifs is 1. The molecule has 4 aromatic rings. The van der Waals surface area contributed by atoms with Gasteiger partial charge in [0.05, 0.1) is 17.4 Å². The number of nitrogens with one attached hydrogen (secondary N) is 1. The van der Waals surface area contributed by atoms with E-state index in [4.69, 9.17) is 4.74 Å². The zero-order valence-electron chi connectivity index (χ0n) is 21.6. The number of carbonyl (C=O) groups excluding carboxylic acids is 1. The third kappa shape index (κ3) is 4.95. The van der Waals surface area contributed by atoms with Gasteiger partial charge < -0.3 is 15.2 Å². The first-order valence-corrected chi connectivity index (χ1v) is 11.6. The van der Waals surface area contributed by atoms with Crippen LogP contribution in [0.2, 0.25) is 0 Å². The van der Waals surface area contributed by atoms with Crippen LogP contribution in [0.25, 0.3) is 22.2 Å². The van der Waals surface area contributed by atoms with Gasteiger partial charge in [-0.25, -0.2) is 19.1 Å². The highest BCUT2D eigenvalue weighted by molar-refractivity contribution is 6.00. The number of carboxylic acid groups (broad SMARTS) is 1. The first-order valence-electron chi connectivity index (χ1n) is 11.6. The van der Waals surface area contributed by atoms with E-state index in [0.717, 1.165) is 21.5 Å². The molecule has 0 saturated heterocycles. The van der Waals surface area contributed by atoms with Crippen LogP contribution in [-0.2, 0) is 10.2 Å². The maximum atomic E-state index is 12.6. The Morgan fingerprint density at radius 2 is 1.69 bits per heavy atom. The third-order valence-corrected chi connectivity index (χ3v) is 5.55. The van der Waals surface area contributed by atoms with Crippen LogP contribution in [0.5, 0.6) is 0 Å².